The van der Waals surface area contributed by atoms with Crippen LogP contribution in [0.2, 0.25) is 0 Å². The number of nitrogens with zero attached hydrogens (tertiary/aromatic N) is 2. The summed E-state index contributed by atoms with van der Waals surface area (Å²) in [5, 5.41) is 16.0. The van der Waals surface area contributed by atoms with Crippen LogP contribution in [0.4, 0.5) is 0 Å². The van der Waals surface area contributed by atoms with E-state index >= 15 is 0 Å². The van der Waals surface area contributed by atoms with Crippen molar-refractivity contribution in [1.82, 2.24) is 9.55 Å². The molecule has 0 saturated carbocycles. The first kappa shape index (κ1) is 26.0. The zero-order valence-corrected chi connectivity index (χ0v) is 20.0. The normalized spacial score (nSPS) is 10.1. The van der Waals surface area contributed by atoms with E-state index in [4.69, 9.17) is 27.3 Å². The molecule has 0 radical (unpaired) electrons. The van der Waals surface area contributed by atoms with Gasteiger partial charge in [0.25, 0.3) is 0 Å². The minimum atomic E-state index is 0. The quantitative estimate of drug-likeness (QED) is 0.158. The largest absolute Gasteiger partial charge is 0.384 e. The number of nitrogens with two attached hydrogens (primary N) is 2. The lowest BCUT2D eigenvalue weighted by atomic mass is 10.1. The summed E-state index contributed by atoms with van der Waals surface area (Å²) in [7, 11) is 0. The molecule has 0 spiro atoms. The SMILES string of the molecule is Cl.Cl.N=C(N)c1ccc(-c2cn(-c3ccc(C(=N)N)cc3)c(SCc3ccccc3)n2)cc1. The Morgan fingerprint density at radius 3 is 1.88 bits per heavy atom. The third kappa shape index (κ3) is 6.16. The summed E-state index contributed by atoms with van der Waals surface area (Å²) in [6, 6.07) is 25.3. The number of nitrogens with one attached hydrogen (secondary N) is 2. The van der Waals surface area contributed by atoms with E-state index in [1.165, 1.54) is 5.56 Å². The zero-order chi connectivity index (χ0) is 21.8. The van der Waals surface area contributed by atoms with Crippen molar-refractivity contribution in [1.29, 1.82) is 10.8 Å². The highest BCUT2D eigenvalue weighted by atomic mass is 35.5. The van der Waals surface area contributed by atoms with Crippen LogP contribution < -0.4 is 11.5 Å². The number of nitrogen functional groups attached to an aromatic ring is 2. The molecule has 0 aliphatic rings. The minimum Gasteiger partial charge on any atom is -0.384 e. The Balaban J connectivity index is 0.00000193. The number of thioether (sulfide) groups is 1. The van der Waals surface area contributed by atoms with Gasteiger partial charge in [0.1, 0.15) is 11.7 Å². The summed E-state index contributed by atoms with van der Waals surface area (Å²) < 4.78 is 2.05. The number of hydrogen-bond donors (Lipinski definition) is 4. The smallest absolute Gasteiger partial charge is 0.173 e. The molecule has 0 aliphatic carbocycles. The highest BCUT2D eigenvalue weighted by Crippen LogP contribution is 2.29. The van der Waals surface area contributed by atoms with E-state index < -0.39 is 0 Å². The molecule has 1 aromatic heterocycles. The van der Waals surface area contributed by atoms with Crippen LogP contribution in [-0.2, 0) is 5.75 Å². The van der Waals surface area contributed by atoms with Crippen LogP contribution in [0.25, 0.3) is 16.9 Å². The van der Waals surface area contributed by atoms with E-state index in [-0.39, 0.29) is 36.5 Å². The lowest BCUT2D eigenvalue weighted by Crippen LogP contribution is -2.10. The predicted octanol–water partition coefficient (Wildman–Crippen LogP) is 5.24. The molecule has 0 amide bonds. The fourth-order valence-corrected chi connectivity index (χ4v) is 4.08. The molecule has 170 valence electrons. The van der Waals surface area contributed by atoms with Crippen molar-refractivity contribution in [2.75, 3.05) is 0 Å². The van der Waals surface area contributed by atoms with Crippen molar-refractivity contribution in [3.8, 4) is 16.9 Å². The minimum absolute atomic E-state index is 0. The highest BCUT2D eigenvalue weighted by Gasteiger charge is 2.13. The second-order valence-electron chi connectivity index (χ2n) is 7.00. The van der Waals surface area contributed by atoms with Crippen molar-refractivity contribution < 1.29 is 0 Å². The first-order valence-electron chi connectivity index (χ1n) is 9.67. The van der Waals surface area contributed by atoms with Crippen molar-refractivity contribution in [3.63, 3.8) is 0 Å². The average Bonchev–Trinajstić information content (AvgIpc) is 3.23. The monoisotopic (exact) mass is 498 g/mol. The summed E-state index contributed by atoms with van der Waals surface area (Å²) in [6.07, 6.45) is 2.00. The van der Waals surface area contributed by atoms with E-state index in [1.807, 2.05) is 77.5 Å². The second-order valence-corrected chi connectivity index (χ2v) is 7.95. The summed E-state index contributed by atoms with van der Waals surface area (Å²) >= 11 is 1.66. The maximum Gasteiger partial charge on any atom is 0.173 e. The standard InChI is InChI=1S/C24H22N6S.2ClH/c25-22(26)18-8-6-17(7-9-18)21-14-30(20-12-10-19(11-13-20)23(27)28)24(29-21)31-15-16-4-2-1-3-5-16;;/h1-14H,15H2,(H3,25,26)(H3,27,28);2*1H. The molecule has 0 bridgehead atoms. The van der Waals surface area contributed by atoms with Gasteiger partial charge in [0.2, 0.25) is 0 Å². The topological polar surface area (TPSA) is 118 Å². The molecule has 4 rings (SSSR count). The maximum absolute atomic E-state index is 7.61. The van der Waals surface area contributed by atoms with Gasteiger partial charge >= 0.3 is 0 Å². The van der Waals surface area contributed by atoms with Gasteiger partial charge in [0.05, 0.1) is 5.69 Å². The fourth-order valence-electron chi connectivity index (χ4n) is 3.13. The van der Waals surface area contributed by atoms with Crippen LogP contribution in [0, 0.1) is 10.8 Å². The molecule has 3 aromatic carbocycles. The number of amidine groups is 2. The van der Waals surface area contributed by atoms with Crippen LogP contribution >= 0.6 is 36.6 Å². The Labute approximate surface area is 209 Å². The molecule has 6 nitrogen and oxygen atoms in total. The Morgan fingerprint density at radius 2 is 1.33 bits per heavy atom. The highest BCUT2D eigenvalue weighted by molar-refractivity contribution is 7.98. The Hall–Kier alpha value is -3.26. The number of benzene rings is 3. The Kier molecular flexibility index (Phi) is 9.11. The molecule has 6 N–H and O–H groups in total. The molecule has 0 saturated heterocycles. The molecular formula is C24H24Cl2N6S. The second kappa shape index (κ2) is 11.6. The lowest BCUT2D eigenvalue weighted by molar-refractivity contribution is 0.895. The van der Waals surface area contributed by atoms with Crippen molar-refractivity contribution in [2.45, 2.75) is 10.9 Å². The van der Waals surface area contributed by atoms with Crippen LogP contribution in [-0.4, -0.2) is 21.2 Å². The molecule has 1 heterocycles. The van der Waals surface area contributed by atoms with E-state index in [2.05, 4.69) is 12.1 Å². The van der Waals surface area contributed by atoms with E-state index in [1.54, 1.807) is 11.8 Å². The van der Waals surface area contributed by atoms with Gasteiger partial charge < -0.3 is 11.5 Å². The molecule has 33 heavy (non-hydrogen) atoms. The summed E-state index contributed by atoms with van der Waals surface area (Å²) in [6.45, 7) is 0. The molecule has 0 fully saturated rings. The predicted molar refractivity (Wildman–Crippen MR) is 142 cm³/mol. The molecule has 0 atom stereocenters. The maximum atomic E-state index is 7.61. The number of imidazole rings is 1. The summed E-state index contributed by atoms with van der Waals surface area (Å²) in [5.74, 6) is 0.885. The van der Waals surface area contributed by atoms with Crippen molar-refractivity contribution in [3.05, 3.63) is 102 Å². The third-order valence-corrected chi connectivity index (χ3v) is 5.86. The third-order valence-electron chi connectivity index (χ3n) is 4.83. The molecule has 0 aliphatic heterocycles. The molecular weight excluding hydrogens is 475 g/mol. The van der Waals surface area contributed by atoms with Gasteiger partial charge in [-0.3, -0.25) is 15.4 Å². The zero-order valence-electron chi connectivity index (χ0n) is 17.6. The van der Waals surface area contributed by atoms with Gasteiger partial charge in [-0.15, -0.1) is 24.8 Å². The van der Waals surface area contributed by atoms with Gasteiger partial charge in [-0.25, -0.2) is 4.98 Å². The Bertz CT molecular complexity index is 1220. The van der Waals surface area contributed by atoms with Crippen LogP contribution in [0.1, 0.15) is 16.7 Å². The number of aromatic nitrogens is 2. The summed E-state index contributed by atoms with van der Waals surface area (Å²) in [5.41, 5.74) is 16.5. The van der Waals surface area contributed by atoms with Crippen LogP contribution in [0.3, 0.4) is 0 Å². The van der Waals surface area contributed by atoms with Gasteiger partial charge in [-0.1, -0.05) is 66.4 Å². The fraction of sp³-hybridized carbons (Fsp3) is 0.0417. The van der Waals surface area contributed by atoms with Gasteiger partial charge in [0.15, 0.2) is 5.16 Å². The van der Waals surface area contributed by atoms with Crippen molar-refractivity contribution in [2.24, 2.45) is 11.5 Å². The van der Waals surface area contributed by atoms with Gasteiger partial charge in [-0.05, 0) is 29.8 Å². The first-order chi connectivity index (χ1) is 15.0. The van der Waals surface area contributed by atoms with Gasteiger partial charge in [-0.2, -0.15) is 0 Å². The molecule has 0 unspecified atom stereocenters. The van der Waals surface area contributed by atoms with Gasteiger partial charge in [0, 0.05) is 34.3 Å². The number of halogens is 2. The lowest BCUT2D eigenvalue weighted by Gasteiger charge is -2.08. The van der Waals surface area contributed by atoms with Crippen LogP contribution in [0.15, 0.2) is 90.2 Å². The molecule has 4 aromatic rings. The Morgan fingerprint density at radius 1 is 0.788 bits per heavy atom. The average molecular weight is 499 g/mol. The molecule has 9 heteroatoms. The van der Waals surface area contributed by atoms with Crippen LogP contribution in [0.5, 0.6) is 0 Å². The van der Waals surface area contributed by atoms with E-state index in [0.29, 0.717) is 11.1 Å². The van der Waals surface area contributed by atoms with E-state index in [9.17, 15) is 0 Å². The summed E-state index contributed by atoms with van der Waals surface area (Å²) in [4.78, 5) is 4.88. The first-order valence-corrected chi connectivity index (χ1v) is 10.7. The van der Waals surface area contributed by atoms with E-state index in [0.717, 1.165) is 27.9 Å². The number of hydrogen-bond acceptors (Lipinski definition) is 4. The number of rotatable bonds is 7. The van der Waals surface area contributed by atoms with Crippen molar-refractivity contribution >= 4 is 48.2 Å².